The Kier molecular flexibility index (Phi) is 5.06. The van der Waals surface area contributed by atoms with Crippen molar-refractivity contribution in [3.05, 3.63) is 35.0 Å². The van der Waals surface area contributed by atoms with E-state index in [1.165, 1.54) is 0 Å². The van der Waals surface area contributed by atoms with Crippen molar-refractivity contribution < 1.29 is 9.84 Å². The highest BCUT2D eigenvalue weighted by Crippen LogP contribution is 2.32. The van der Waals surface area contributed by atoms with Gasteiger partial charge in [0.2, 0.25) is 5.95 Å². The van der Waals surface area contributed by atoms with E-state index in [1.807, 2.05) is 19.1 Å². The maximum Gasteiger partial charge on any atom is 0.222 e. The maximum atomic E-state index is 9.63. The molecular weight excluding hydrogens is 328 g/mol. The van der Waals surface area contributed by atoms with Gasteiger partial charge in [-0.3, -0.25) is 0 Å². The Morgan fingerprint density at radius 2 is 2.00 bits per heavy atom. The van der Waals surface area contributed by atoms with E-state index in [4.69, 9.17) is 22.1 Å². The number of halogens is 1. The molecule has 0 bridgehead atoms. The van der Waals surface area contributed by atoms with Gasteiger partial charge in [0.05, 0.1) is 12.3 Å². The Hall–Kier alpha value is -2.05. The molecule has 128 valence electrons. The highest BCUT2D eigenvalue weighted by Gasteiger charge is 2.21. The van der Waals surface area contributed by atoms with Crippen LogP contribution >= 0.6 is 11.6 Å². The van der Waals surface area contributed by atoms with E-state index >= 15 is 0 Å². The van der Waals surface area contributed by atoms with Crippen LogP contribution in [0.3, 0.4) is 0 Å². The average molecular weight is 349 g/mol. The molecule has 1 aromatic carbocycles. The summed E-state index contributed by atoms with van der Waals surface area (Å²) < 4.78 is 5.96. The first-order chi connectivity index (χ1) is 11.5. The molecule has 24 heavy (non-hydrogen) atoms. The van der Waals surface area contributed by atoms with Gasteiger partial charge in [0.1, 0.15) is 5.75 Å². The lowest BCUT2D eigenvalue weighted by Crippen LogP contribution is -2.28. The molecule has 1 fully saturated rings. The van der Waals surface area contributed by atoms with Crippen LogP contribution in [-0.4, -0.2) is 27.2 Å². The summed E-state index contributed by atoms with van der Waals surface area (Å²) in [5, 5.41) is 13.7. The monoisotopic (exact) mass is 348 g/mol. The van der Waals surface area contributed by atoms with E-state index in [9.17, 15) is 5.11 Å². The molecule has 6 nitrogen and oxygen atoms in total. The number of benzene rings is 1. The van der Waals surface area contributed by atoms with Crippen molar-refractivity contribution in [2.75, 3.05) is 11.1 Å². The first-order valence-corrected chi connectivity index (χ1v) is 8.40. The normalized spacial score (nSPS) is 20.6. The SMILES string of the molecule is Cc1cc(Cl)ccc1Oc1cnc(N)nc1NC1CCC(O)CC1. The molecule has 0 radical (unpaired) electrons. The number of anilines is 2. The molecular formula is C17H21ClN4O2. The maximum absolute atomic E-state index is 9.63. The zero-order valence-corrected chi connectivity index (χ0v) is 14.3. The number of aromatic nitrogens is 2. The zero-order valence-electron chi connectivity index (χ0n) is 13.5. The summed E-state index contributed by atoms with van der Waals surface area (Å²) in [5.74, 6) is 1.96. The van der Waals surface area contributed by atoms with Gasteiger partial charge in [-0.15, -0.1) is 0 Å². The number of nitrogens with two attached hydrogens (primary N) is 1. The van der Waals surface area contributed by atoms with E-state index in [-0.39, 0.29) is 18.1 Å². The zero-order chi connectivity index (χ0) is 17.1. The third-order valence-electron chi connectivity index (χ3n) is 4.17. The molecule has 3 rings (SSSR count). The number of aliphatic hydroxyl groups is 1. The Bertz CT molecular complexity index is 718. The number of rotatable bonds is 4. The highest BCUT2D eigenvalue weighted by atomic mass is 35.5. The summed E-state index contributed by atoms with van der Waals surface area (Å²) in [7, 11) is 0. The number of hydrogen-bond donors (Lipinski definition) is 3. The minimum absolute atomic E-state index is 0.188. The van der Waals surface area contributed by atoms with Crippen LogP contribution in [0.2, 0.25) is 5.02 Å². The molecule has 0 atom stereocenters. The quantitative estimate of drug-likeness (QED) is 0.782. The van der Waals surface area contributed by atoms with Crippen LogP contribution in [0.15, 0.2) is 24.4 Å². The van der Waals surface area contributed by atoms with Crippen molar-refractivity contribution in [2.24, 2.45) is 0 Å². The van der Waals surface area contributed by atoms with E-state index < -0.39 is 0 Å². The van der Waals surface area contributed by atoms with Gasteiger partial charge in [0.25, 0.3) is 0 Å². The summed E-state index contributed by atoms with van der Waals surface area (Å²) in [6.07, 6.45) is 4.69. The van der Waals surface area contributed by atoms with Crippen LogP contribution < -0.4 is 15.8 Å². The highest BCUT2D eigenvalue weighted by molar-refractivity contribution is 6.30. The van der Waals surface area contributed by atoms with Gasteiger partial charge in [-0.1, -0.05) is 11.6 Å². The Morgan fingerprint density at radius 1 is 1.25 bits per heavy atom. The molecule has 0 amide bonds. The van der Waals surface area contributed by atoms with Gasteiger partial charge in [-0.2, -0.15) is 4.98 Å². The van der Waals surface area contributed by atoms with E-state index in [1.54, 1.807) is 12.3 Å². The van der Waals surface area contributed by atoms with E-state index in [0.717, 1.165) is 31.2 Å². The predicted octanol–water partition coefficient (Wildman–Crippen LogP) is 3.53. The van der Waals surface area contributed by atoms with Crippen LogP contribution in [-0.2, 0) is 0 Å². The molecule has 0 aliphatic heterocycles. The fourth-order valence-corrected chi connectivity index (χ4v) is 3.05. The lowest BCUT2D eigenvalue weighted by atomic mass is 9.93. The van der Waals surface area contributed by atoms with Gasteiger partial charge < -0.3 is 20.9 Å². The Morgan fingerprint density at radius 3 is 2.71 bits per heavy atom. The van der Waals surface area contributed by atoms with Crippen molar-refractivity contribution in [2.45, 2.75) is 44.8 Å². The predicted molar refractivity (Wildman–Crippen MR) is 94.6 cm³/mol. The average Bonchev–Trinajstić information content (AvgIpc) is 2.54. The van der Waals surface area contributed by atoms with Crippen molar-refractivity contribution >= 4 is 23.4 Å². The molecule has 1 aliphatic rings. The van der Waals surface area contributed by atoms with Gasteiger partial charge in [0, 0.05) is 11.1 Å². The second-order valence-corrected chi connectivity index (χ2v) is 6.54. The Balaban J connectivity index is 1.80. The van der Waals surface area contributed by atoms with Crippen molar-refractivity contribution in [1.82, 2.24) is 9.97 Å². The fourth-order valence-electron chi connectivity index (χ4n) is 2.82. The molecule has 1 heterocycles. The van der Waals surface area contributed by atoms with Crippen molar-refractivity contribution in [1.29, 1.82) is 0 Å². The molecule has 2 aromatic rings. The van der Waals surface area contributed by atoms with Crippen molar-refractivity contribution in [3.8, 4) is 11.5 Å². The summed E-state index contributed by atoms with van der Waals surface area (Å²) in [5.41, 5.74) is 6.64. The topological polar surface area (TPSA) is 93.3 Å². The van der Waals surface area contributed by atoms with Crippen LogP contribution in [0.1, 0.15) is 31.2 Å². The van der Waals surface area contributed by atoms with Gasteiger partial charge in [-0.05, 0) is 56.4 Å². The first-order valence-electron chi connectivity index (χ1n) is 8.02. The van der Waals surface area contributed by atoms with Crippen LogP contribution in [0, 0.1) is 6.92 Å². The summed E-state index contributed by atoms with van der Waals surface area (Å²) in [6, 6.07) is 5.66. The molecule has 1 aromatic heterocycles. The largest absolute Gasteiger partial charge is 0.452 e. The molecule has 4 N–H and O–H groups in total. The number of nitrogens with one attached hydrogen (secondary N) is 1. The van der Waals surface area contributed by atoms with Crippen LogP contribution in [0.25, 0.3) is 0 Å². The number of hydrogen-bond acceptors (Lipinski definition) is 6. The molecule has 0 unspecified atom stereocenters. The molecule has 0 spiro atoms. The second kappa shape index (κ2) is 7.23. The molecule has 0 saturated heterocycles. The molecule has 1 saturated carbocycles. The summed E-state index contributed by atoms with van der Waals surface area (Å²) in [6.45, 7) is 1.93. The van der Waals surface area contributed by atoms with E-state index in [2.05, 4.69) is 15.3 Å². The third kappa shape index (κ3) is 4.07. The lowest BCUT2D eigenvalue weighted by molar-refractivity contribution is 0.126. The summed E-state index contributed by atoms with van der Waals surface area (Å²) in [4.78, 5) is 8.30. The first kappa shape index (κ1) is 16.8. The van der Waals surface area contributed by atoms with Crippen LogP contribution in [0.4, 0.5) is 11.8 Å². The number of nitrogen functional groups attached to an aromatic ring is 1. The third-order valence-corrected chi connectivity index (χ3v) is 4.40. The standard InChI is InChI=1S/C17H21ClN4O2/c1-10-8-11(18)2-7-14(10)24-15-9-20-17(19)22-16(15)21-12-3-5-13(23)6-4-12/h2,7-9,12-13,23H,3-6H2,1H3,(H3,19,20,21,22). The number of aryl methyl sites for hydroxylation is 1. The van der Waals surface area contributed by atoms with Crippen LogP contribution in [0.5, 0.6) is 11.5 Å². The van der Waals surface area contributed by atoms with Gasteiger partial charge in [0.15, 0.2) is 11.6 Å². The molecule has 1 aliphatic carbocycles. The lowest BCUT2D eigenvalue weighted by Gasteiger charge is -2.27. The minimum Gasteiger partial charge on any atom is -0.452 e. The Labute approximate surface area is 146 Å². The summed E-state index contributed by atoms with van der Waals surface area (Å²) >= 11 is 5.98. The number of aliphatic hydroxyl groups excluding tert-OH is 1. The van der Waals surface area contributed by atoms with Gasteiger partial charge >= 0.3 is 0 Å². The van der Waals surface area contributed by atoms with Gasteiger partial charge in [-0.25, -0.2) is 4.98 Å². The fraction of sp³-hybridized carbons (Fsp3) is 0.412. The minimum atomic E-state index is -0.203. The van der Waals surface area contributed by atoms with E-state index in [0.29, 0.717) is 22.3 Å². The number of nitrogens with zero attached hydrogens (tertiary/aromatic N) is 2. The number of ether oxygens (including phenoxy) is 1. The second-order valence-electron chi connectivity index (χ2n) is 6.10. The smallest absolute Gasteiger partial charge is 0.222 e. The molecule has 7 heteroatoms. The van der Waals surface area contributed by atoms with Crippen molar-refractivity contribution in [3.63, 3.8) is 0 Å².